The molecule has 0 atom stereocenters. The maximum atomic E-state index is 8.36. The van der Waals surface area contributed by atoms with Gasteiger partial charge in [0.1, 0.15) is 0 Å². The van der Waals surface area contributed by atoms with E-state index in [0.717, 1.165) is 0 Å². The van der Waals surface area contributed by atoms with Gasteiger partial charge >= 0.3 is 0 Å². The molecule has 0 aliphatic heterocycles. The molecule has 8 heteroatoms. The molecule has 0 saturated heterocycles. The smallest absolute Gasteiger partial charge is 0.291 e. The molecule has 0 aromatic carbocycles. The summed E-state index contributed by atoms with van der Waals surface area (Å²) < 4.78 is 4.08. The highest BCUT2D eigenvalue weighted by Gasteiger charge is 1.65. The highest BCUT2D eigenvalue weighted by atomic mass is 16.9. The van der Waals surface area contributed by atoms with Crippen LogP contribution in [0.3, 0.4) is 0 Å². The van der Waals surface area contributed by atoms with Gasteiger partial charge in [0.15, 0.2) is 0 Å². The van der Waals surface area contributed by atoms with Gasteiger partial charge in [-0.1, -0.05) is 10.3 Å². The van der Waals surface area contributed by atoms with Gasteiger partial charge in [0.2, 0.25) is 0 Å². The van der Waals surface area contributed by atoms with E-state index >= 15 is 0 Å². The third-order valence-electron chi connectivity index (χ3n) is 0.283. The Labute approximate surface area is 61.7 Å². The molecular formula is C3H8N4O4. The largest absolute Gasteiger partial charge is 0.333 e. The fourth-order valence-electron chi connectivity index (χ4n) is 0.136. The van der Waals surface area contributed by atoms with E-state index in [-0.39, 0.29) is 0 Å². The van der Waals surface area contributed by atoms with Crippen LogP contribution in [0.1, 0.15) is 0 Å². The SMILES string of the molecule is CN.O=[N+]([O-])O.c1cnon1. The van der Waals surface area contributed by atoms with Gasteiger partial charge in [0.25, 0.3) is 5.09 Å². The third-order valence-corrected chi connectivity index (χ3v) is 0.283. The van der Waals surface area contributed by atoms with Crippen LogP contribution < -0.4 is 5.73 Å². The van der Waals surface area contributed by atoms with Crippen molar-refractivity contribution in [3.8, 4) is 0 Å². The van der Waals surface area contributed by atoms with Crippen molar-refractivity contribution in [1.82, 2.24) is 10.3 Å². The Morgan fingerprint density at radius 2 is 1.82 bits per heavy atom. The van der Waals surface area contributed by atoms with Crippen LogP contribution in [0.4, 0.5) is 0 Å². The Morgan fingerprint density at radius 1 is 1.55 bits per heavy atom. The lowest BCUT2D eigenvalue weighted by Crippen LogP contribution is -1.81. The number of nitrogens with two attached hydrogens (primary N) is 1. The quantitative estimate of drug-likeness (QED) is 0.383. The first-order valence-corrected chi connectivity index (χ1v) is 2.36. The molecule has 0 amide bonds. The molecule has 0 radical (unpaired) electrons. The van der Waals surface area contributed by atoms with Gasteiger partial charge in [-0.05, 0) is 7.05 Å². The monoisotopic (exact) mass is 164 g/mol. The summed E-state index contributed by atoms with van der Waals surface area (Å²) in [6.45, 7) is 0. The molecule has 0 unspecified atom stereocenters. The minimum absolute atomic E-state index is 1.47. The summed E-state index contributed by atoms with van der Waals surface area (Å²) in [6.07, 6.45) is 2.94. The topological polar surface area (TPSA) is 128 Å². The van der Waals surface area contributed by atoms with Gasteiger partial charge in [-0.25, -0.2) is 4.63 Å². The van der Waals surface area contributed by atoms with E-state index < -0.39 is 5.09 Å². The standard InChI is InChI=1S/C2H2N2O.CH5N.HNO3/c1-2-4-5-3-1;1-2;2-1(3)4/h1-2H;2H2,1H3;(H,2,3,4). The number of aromatic nitrogens is 2. The Bertz CT molecular complexity index is 131. The first-order valence-electron chi connectivity index (χ1n) is 2.36. The normalized spacial score (nSPS) is 6.36. The average Bonchev–Trinajstić information content (AvgIpc) is 2.44. The van der Waals surface area contributed by atoms with Gasteiger partial charge < -0.3 is 10.9 Å². The lowest BCUT2D eigenvalue weighted by Gasteiger charge is -1.56. The molecule has 11 heavy (non-hydrogen) atoms. The third kappa shape index (κ3) is 30.3. The van der Waals surface area contributed by atoms with Crippen molar-refractivity contribution in [3.05, 3.63) is 22.5 Å². The molecular weight excluding hydrogens is 156 g/mol. The summed E-state index contributed by atoms with van der Waals surface area (Å²) in [5, 5.41) is 20.1. The summed E-state index contributed by atoms with van der Waals surface area (Å²) in [7, 11) is 1.50. The van der Waals surface area contributed by atoms with E-state index in [0.29, 0.717) is 0 Å². The van der Waals surface area contributed by atoms with Crippen LogP contribution in [0.2, 0.25) is 0 Å². The molecule has 8 nitrogen and oxygen atoms in total. The number of hydrogen-bond donors (Lipinski definition) is 2. The van der Waals surface area contributed by atoms with Crippen LogP contribution >= 0.6 is 0 Å². The lowest BCUT2D eigenvalue weighted by molar-refractivity contribution is -0.742. The fraction of sp³-hybridized carbons (Fsp3) is 0.333. The summed E-state index contributed by atoms with van der Waals surface area (Å²) in [6, 6.07) is 0. The molecule has 1 rings (SSSR count). The Kier molecular flexibility index (Phi) is 12.2. The van der Waals surface area contributed by atoms with Crippen LogP contribution in [-0.2, 0) is 0 Å². The van der Waals surface area contributed by atoms with Crippen molar-refractivity contribution >= 4 is 0 Å². The molecule has 0 spiro atoms. The number of nitrogens with zero attached hydrogens (tertiary/aromatic N) is 3. The second-order valence-corrected chi connectivity index (χ2v) is 0.828. The molecule has 0 bridgehead atoms. The van der Waals surface area contributed by atoms with Gasteiger partial charge in [0.05, 0.1) is 12.4 Å². The molecule has 0 saturated carbocycles. The summed E-state index contributed by atoms with van der Waals surface area (Å²) in [4.78, 5) is 8.36. The van der Waals surface area contributed by atoms with E-state index in [1.54, 1.807) is 0 Å². The second-order valence-electron chi connectivity index (χ2n) is 0.828. The van der Waals surface area contributed by atoms with E-state index in [1.807, 2.05) is 0 Å². The van der Waals surface area contributed by atoms with Gasteiger partial charge in [0, 0.05) is 0 Å². The van der Waals surface area contributed by atoms with E-state index in [4.69, 9.17) is 15.3 Å². The maximum absolute atomic E-state index is 8.36. The zero-order chi connectivity index (χ0) is 9.11. The molecule has 3 N–H and O–H groups in total. The zero-order valence-electron chi connectivity index (χ0n) is 5.75. The summed E-state index contributed by atoms with van der Waals surface area (Å²) in [5.41, 5.74) is 4.50. The Morgan fingerprint density at radius 3 is 1.91 bits per heavy atom. The molecule has 0 aliphatic rings. The van der Waals surface area contributed by atoms with Crippen LogP contribution in [0, 0.1) is 10.1 Å². The van der Waals surface area contributed by atoms with Crippen molar-refractivity contribution in [2.24, 2.45) is 5.73 Å². The second kappa shape index (κ2) is 11.1. The highest BCUT2D eigenvalue weighted by Crippen LogP contribution is 1.62. The van der Waals surface area contributed by atoms with Gasteiger partial charge in [-0.2, -0.15) is 0 Å². The van der Waals surface area contributed by atoms with Gasteiger partial charge in [-0.3, -0.25) is 0 Å². The van der Waals surface area contributed by atoms with Crippen molar-refractivity contribution in [2.75, 3.05) is 7.05 Å². The Balaban J connectivity index is 0. The predicted octanol–water partition coefficient (Wildman–Crippen LogP) is -0.703. The maximum Gasteiger partial charge on any atom is 0.291 e. The van der Waals surface area contributed by atoms with E-state index in [1.165, 1.54) is 19.4 Å². The fourth-order valence-corrected chi connectivity index (χ4v) is 0.136. The molecule has 0 fully saturated rings. The average molecular weight is 164 g/mol. The predicted molar refractivity (Wildman–Crippen MR) is 33.2 cm³/mol. The van der Waals surface area contributed by atoms with Crippen molar-refractivity contribution in [1.29, 1.82) is 0 Å². The molecule has 0 aliphatic carbocycles. The molecule has 1 heterocycles. The molecule has 1 aromatic heterocycles. The van der Waals surface area contributed by atoms with Crippen molar-refractivity contribution in [2.45, 2.75) is 0 Å². The van der Waals surface area contributed by atoms with Crippen LogP contribution in [0.5, 0.6) is 0 Å². The van der Waals surface area contributed by atoms with E-state index in [2.05, 4.69) is 20.7 Å². The van der Waals surface area contributed by atoms with Crippen LogP contribution in [0.15, 0.2) is 17.0 Å². The Hall–Kier alpha value is -1.70. The van der Waals surface area contributed by atoms with Crippen molar-refractivity contribution < 1.29 is 14.9 Å². The van der Waals surface area contributed by atoms with Gasteiger partial charge in [-0.15, -0.1) is 10.1 Å². The molecule has 64 valence electrons. The number of rotatable bonds is 0. The minimum atomic E-state index is -1.50. The van der Waals surface area contributed by atoms with Crippen LogP contribution in [0.25, 0.3) is 0 Å². The minimum Gasteiger partial charge on any atom is -0.333 e. The highest BCUT2D eigenvalue weighted by molar-refractivity contribution is 4.51. The summed E-state index contributed by atoms with van der Waals surface area (Å²) in [5.74, 6) is 0. The summed E-state index contributed by atoms with van der Waals surface area (Å²) >= 11 is 0. The lowest BCUT2D eigenvalue weighted by atomic mass is 11.0. The van der Waals surface area contributed by atoms with E-state index in [9.17, 15) is 0 Å². The molecule has 1 aromatic rings. The zero-order valence-corrected chi connectivity index (χ0v) is 5.75. The van der Waals surface area contributed by atoms with Crippen LogP contribution in [-0.4, -0.2) is 27.7 Å². The first-order chi connectivity index (χ1) is 5.23. The van der Waals surface area contributed by atoms with Crippen molar-refractivity contribution in [3.63, 3.8) is 0 Å². The number of hydrogen-bond acceptors (Lipinski definition) is 6. The first kappa shape index (κ1) is 12.0.